The summed E-state index contributed by atoms with van der Waals surface area (Å²) < 4.78 is 1.85. The van der Waals surface area contributed by atoms with Gasteiger partial charge in [0, 0.05) is 23.7 Å². The van der Waals surface area contributed by atoms with Crippen molar-refractivity contribution < 1.29 is 4.79 Å². The first-order valence-corrected chi connectivity index (χ1v) is 6.82. The van der Waals surface area contributed by atoms with Gasteiger partial charge in [0.05, 0.1) is 17.8 Å². The number of fused-ring (bicyclic) bond motifs is 1. The molecular formula is C14H15ClN4O. The molecule has 6 heteroatoms. The number of nitrogens with one attached hydrogen (secondary N) is 1. The Morgan fingerprint density at radius 1 is 1.45 bits per heavy atom. The van der Waals surface area contributed by atoms with E-state index in [0.717, 1.165) is 29.9 Å². The van der Waals surface area contributed by atoms with E-state index in [1.54, 1.807) is 0 Å². The number of amides is 1. The topological polar surface area (TPSA) is 72.9 Å². The van der Waals surface area contributed by atoms with E-state index in [1.807, 2.05) is 29.8 Å². The first-order valence-electron chi connectivity index (χ1n) is 6.44. The smallest absolute Gasteiger partial charge is 0.252 e. The van der Waals surface area contributed by atoms with E-state index in [1.165, 1.54) is 0 Å². The molecule has 3 N–H and O–H groups in total. The van der Waals surface area contributed by atoms with Crippen LogP contribution in [0.15, 0.2) is 18.2 Å². The first-order chi connectivity index (χ1) is 9.56. The van der Waals surface area contributed by atoms with Gasteiger partial charge in [-0.3, -0.25) is 9.48 Å². The molecule has 2 heterocycles. The second-order valence-corrected chi connectivity index (χ2v) is 5.39. The van der Waals surface area contributed by atoms with Crippen molar-refractivity contribution >= 4 is 17.5 Å². The lowest BCUT2D eigenvalue weighted by atomic mass is 10.0. The number of hydrogen-bond donors (Lipinski definition) is 2. The molecule has 1 amide bonds. The molecule has 104 valence electrons. The monoisotopic (exact) mass is 290 g/mol. The Morgan fingerprint density at radius 2 is 2.25 bits per heavy atom. The van der Waals surface area contributed by atoms with Crippen LogP contribution >= 0.6 is 11.6 Å². The summed E-state index contributed by atoms with van der Waals surface area (Å²) in [5, 5.41) is 8.40. The molecule has 1 aliphatic rings. The summed E-state index contributed by atoms with van der Waals surface area (Å²) in [5.74, 6) is -0.456. The van der Waals surface area contributed by atoms with E-state index in [4.69, 9.17) is 17.3 Å². The molecule has 3 rings (SSSR count). The van der Waals surface area contributed by atoms with Gasteiger partial charge in [-0.25, -0.2) is 0 Å². The Kier molecular flexibility index (Phi) is 3.23. The molecule has 2 aromatic rings. The van der Waals surface area contributed by atoms with Crippen molar-refractivity contribution in [1.29, 1.82) is 0 Å². The van der Waals surface area contributed by atoms with Gasteiger partial charge in [-0.1, -0.05) is 11.6 Å². The van der Waals surface area contributed by atoms with Crippen molar-refractivity contribution in [2.45, 2.75) is 20.0 Å². The summed E-state index contributed by atoms with van der Waals surface area (Å²) in [4.78, 5) is 11.8. The van der Waals surface area contributed by atoms with Gasteiger partial charge in [0.1, 0.15) is 5.69 Å². The number of aromatic nitrogens is 2. The van der Waals surface area contributed by atoms with Crippen LogP contribution in [-0.2, 0) is 13.1 Å². The lowest BCUT2D eigenvalue weighted by Gasteiger charge is -2.15. The molecule has 0 unspecified atom stereocenters. The zero-order valence-electron chi connectivity index (χ0n) is 11.1. The van der Waals surface area contributed by atoms with Crippen molar-refractivity contribution in [2.75, 3.05) is 6.54 Å². The van der Waals surface area contributed by atoms with Crippen molar-refractivity contribution in [3.05, 3.63) is 40.0 Å². The van der Waals surface area contributed by atoms with Crippen LogP contribution in [0.2, 0.25) is 5.02 Å². The van der Waals surface area contributed by atoms with Gasteiger partial charge in [-0.05, 0) is 30.7 Å². The van der Waals surface area contributed by atoms with Crippen LogP contribution in [0.4, 0.5) is 0 Å². The molecule has 0 saturated heterocycles. The van der Waals surface area contributed by atoms with Gasteiger partial charge in [-0.2, -0.15) is 5.10 Å². The maximum absolute atomic E-state index is 11.8. The minimum absolute atomic E-state index is 0.456. The highest BCUT2D eigenvalue weighted by Gasteiger charge is 2.24. The number of hydrogen-bond acceptors (Lipinski definition) is 3. The van der Waals surface area contributed by atoms with Crippen molar-refractivity contribution in [3.63, 3.8) is 0 Å². The number of rotatable bonds is 2. The van der Waals surface area contributed by atoms with Gasteiger partial charge in [0.25, 0.3) is 5.91 Å². The highest BCUT2D eigenvalue weighted by molar-refractivity contribution is 6.31. The Bertz CT molecular complexity index is 672. The van der Waals surface area contributed by atoms with Gasteiger partial charge < -0.3 is 11.1 Å². The lowest BCUT2D eigenvalue weighted by Crippen LogP contribution is -2.30. The third-order valence-corrected chi connectivity index (χ3v) is 3.63. The second kappa shape index (κ2) is 4.92. The predicted octanol–water partition coefficient (Wildman–Crippen LogP) is 1.71. The molecule has 0 atom stereocenters. The molecule has 0 saturated carbocycles. The number of carbonyl (C=O) groups is 1. The number of nitrogens with zero attached hydrogens (tertiary/aromatic N) is 2. The Morgan fingerprint density at radius 3 is 2.95 bits per heavy atom. The van der Waals surface area contributed by atoms with Crippen molar-refractivity contribution in [1.82, 2.24) is 15.1 Å². The zero-order valence-corrected chi connectivity index (χ0v) is 11.9. The summed E-state index contributed by atoms with van der Waals surface area (Å²) >= 11 is 6.10. The SMILES string of the molecule is Cc1cc(Cl)cc(-c2nn3c(c2C(N)=O)CNCC3)c1. The van der Waals surface area contributed by atoms with E-state index < -0.39 is 5.91 Å². The average Bonchev–Trinajstić information content (AvgIpc) is 2.76. The standard InChI is InChI=1S/C14H15ClN4O/c1-8-4-9(6-10(15)5-8)13-12(14(16)20)11-7-17-2-3-19(11)18-13/h4-6,17H,2-3,7H2,1H3,(H2,16,20). The number of aryl methyl sites for hydroxylation is 1. The summed E-state index contributed by atoms with van der Waals surface area (Å²) in [6.45, 7) is 4.12. The van der Waals surface area contributed by atoms with Crippen LogP contribution in [0.5, 0.6) is 0 Å². The van der Waals surface area contributed by atoms with E-state index in [2.05, 4.69) is 10.4 Å². The highest BCUT2D eigenvalue weighted by Crippen LogP contribution is 2.29. The van der Waals surface area contributed by atoms with Gasteiger partial charge in [-0.15, -0.1) is 0 Å². The van der Waals surface area contributed by atoms with Crippen LogP contribution < -0.4 is 11.1 Å². The lowest BCUT2D eigenvalue weighted by molar-refractivity contribution is 0.0999. The molecular weight excluding hydrogens is 276 g/mol. The van der Waals surface area contributed by atoms with Crippen molar-refractivity contribution in [3.8, 4) is 11.3 Å². The molecule has 0 radical (unpaired) electrons. The van der Waals surface area contributed by atoms with Crippen LogP contribution in [0, 0.1) is 6.92 Å². The Labute approximate surface area is 121 Å². The molecule has 1 aromatic heterocycles. The molecule has 0 aliphatic carbocycles. The fourth-order valence-corrected chi connectivity index (χ4v) is 2.88. The number of benzene rings is 1. The third kappa shape index (κ3) is 2.19. The van der Waals surface area contributed by atoms with E-state index in [-0.39, 0.29) is 0 Å². The summed E-state index contributed by atoms with van der Waals surface area (Å²) in [6, 6.07) is 5.63. The summed E-state index contributed by atoms with van der Waals surface area (Å²) in [6.07, 6.45) is 0. The summed E-state index contributed by atoms with van der Waals surface area (Å²) in [5.41, 5.74) is 9.33. The number of primary amides is 1. The van der Waals surface area contributed by atoms with Crippen LogP contribution in [0.3, 0.4) is 0 Å². The van der Waals surface area contributed by atoms with Gasteiger partial charge in [0.15, 0.2) is 0 Å². The second-order valence-electron chi connectivity index (χ2n) is 4.95. The van der Waals surface area contributed by atoms with Crippen LogP contribution in [0.1, 0.15) is 21.6 Å². The minimum atomic E-state index is -0.456. The zero-order chi connectivity index (χ0) is 14.3. The molecule has 0 spiro atoms. The minimum Gasteiger partial charge on any atom is -0.365 e. The van der Waals surface area contributed by atoms with E-state index in [0.29, 0.717) is 22.8 Å². The largest absolute Gasteiger partial charge is 0.365 e. The van der Waals surface area contributed by atoms with Gasteiger partial charge >= 0.3 is 0 Å². The van der Waals surface area contributed by atoms with Gasteiger partial charge in [0.2, 0.25) is 0 Å². The molecule has 1 aromatic carbocycles. The number of carbonyl (C=O) groups excluding carboxylic acids is 1. The molecule has 5 nitrogen and oxygen atoms in total. The maximum Gasteiger partial charge on any atom is 0.252 e. The fraction of sp³-hybridized carbons (Fsp3) is 0.286. The quantitative estimate of drug-likeness (QED) is 0.884. The van der Waals surface area contributed by atoms with Crippen LogP contribution in [-0.4, -0.2) is 22.2 Å². The number of halogens is 1. The number of nitrogens with two attached hydrogens (primary N) is 1. The molecule has 0 bridgehead atoms. The predicted molar refractivity (Wildman–Crippen MR) is 77.6 cm³/mol. The Hall–Kier alpha value is -1.85. The first kappa shape index (κ1) is 13.1. The highest BCUT2D eigenvalue weighted by atomic mass is 35.5. The molecule has 0 fully saturated rings. The molecule has 20 heavy (non-hydrogen) atoms. The maximum atomic E-state index is 11.8. The fourth-order valence-electron chi connectivity index (χ4n) is 2.59. The Balaban J connectivity index is 2.22. The average molecular weight is 291 g/mol. The third-order valence-electron chi connectivity index (χ3n) is 3.41. The normalized spacial score (nSPS) is 14.1. The summed E-state index contributed by atoms with van der Waals surface area (Å²) in [7, 11) is 0. The van der Waals surface area contributed by atoms with E-state index in [9.17, 15) is 4.79 Å². The van der Waals surface area contributed by atoms with Crippen molar-refractivity contribution in [2.24, 2.45) is 5.73 Å². The molecule has 1 aliphatic heterocycles. The van der Waals surface area contributed by atoms with E-state index >= 15 is 0 Å². The van der Waals surface area contributed by atoms with Crippen LogP contribution in [0.25, 0.3) is 11.3 Å².